The number of benzene rings is 2. The number of aliphatic hydroxyl groups excluding tert-OH is 1. The Kier molecular flexibility index (Phi) is 4.91. The Morgan fingerprint density at radius 3 is 2.50 bits per heavy atom. The lowest BCUT2D eigenvalue weighted by molar-refractivity contribution is 0.0924. The van der Waals surface area contributed by atoms with Crippen LogP contribution in [0.2, 0.25) is 0 Å². The van der Waals surface area contributed by atoms with Gasteiger partial charge in [-0.3, -0.25) is 9.59 Å². The quantitative estimate of drug-likeness (QED) is 0.756. The van der Waals surface area contributed by atoms with Crippen molar-refractivity contribution in [2.75, 3.05) is 6.54 Å². The van der Waals surface area contributed by atoms with Crippen molar-refractivity contribution in [2.24, 2.45) is 0 Å². The topological polar surface area (TPSA) is 79.5 Å². The van der Waals surface area contributed by atoms with Gasteiger partial charge in [0, 0.05) is 23.7 Å². The lowest BCUT2D eigenvalue weighted by Crippen LogP contribution is -2.30. The van der Waals surface area contributed by atoms with Gasteiger partial charge < -0.3 is 14.8 Å². The Morgan fingerprint density at radius 2 is 1.85 bits per heavy atom. The summed E-state index contributed by atoms with van der Waals surface area (Å²) in [6, 6.07) is 12.1. The first-order chi connectivity index (χ1) is 12.3. The molecule has 3 rings (SSSR count). The number of aliphatic hydroxyl groups is 1. The van der Waals surface area contributed by atoms with Crippen LogP contribution in [0.1, 0.15) is 28.4 Å². The summed E-state index contributed by atoms with van der Waals surface area (Å²) in [5.74, 6) is 0.203. The van der Waals surface area contributed by atoms with E-state index in [1.807, 2.05) is 26.0 Å². The fourth-order valence-electron chi connectivity index (χ4n) is 2.88. The average molecular weight is 351 g/mol. The number of rotatable bonds is 4. The zero-order valence-corrected chi connectivity index (χ0v) is 15.0. The van der Waals surface area contributed by atoms with Crippen LogP contribution in [0, 0.1) is 13.8 Å². The van der Waals surface area contributed by atoms with Crippen molar-refractivity contribution < 1.29 is 14.3 Å². The minimum atomic E-state index is -0.600. The van der Waals surface area contributed by atoms with Gasteiger partial charge in [-0.05, 0) is 50.1 Å². The van der Waals surface area contributed by atoms with Crippen molar-refractivity contribution in [3.8, 4) is 11.3 Å². The highest BCUT2D eigenvalue weighted by Gasteiger charge is 2.11. The van der Waals surface area contributed by atoms with Crippen LogP contribution in [0.3, 0.4) is 0 Å². The molecule has 0 radical (unpaired) electrons. The number of hydrogen-bond acceptors (Lipinski definition) is 4. The number of fused-ring (bicyclic) bond motifs is 1. The lowest BCUT2D eigenvalue weighted by Gasteiger charge is -2.09. The molecule has 0 saturated carbocycles. The van der Waals surface area contributed by atoms with Crippen molar-refractivity contribution in [3.63, 3.8) is 0 Å². The molecule has 0 aliphatic heterocycles. The smallest absolute Gasteiger partial charge is 0.251 e. The van der Waals surface area contributed by atoms with Crippen LogP contribution in [0.15, 0.2) is 51.7 Å². The van der Waals surface area contributed by atoms with E-state index < -0.39 is 6.10 Å². The highest BCUT2D eigenvalue weighted by Crippen LogP contribution is 2.25. The molecular formula is C21H21NO4. The number of aryl methyl sites for hydroxylation is 2. The zero-order chi connectivity index (χ0) is 18.8. The highest BCUT2D eigenvalue weighted by atomic mass is 16.3. The molecular weight excluding hydrogens is 330 g/mol. The van der Waals surface area contributed by atoms with Crippen molar-refractivity contribution in [3.05, 3.63) is 69.4 Å². The van der Waals surface area contributed by atoms with Crippen LogP contribution in [0.4, 0.5) is 0 Å². The maximum absolute atomic E-state index is 12.5. The third-order valence-electron chi connectivity index (χ3n) is 4.15. The summed E-state index contributed by atoms with van der Waals surface area (Å²) in [6.45, 7) is 5.66. The van der Waals surface area contributed by atoms with Gasteiger partial charge in [-0.15, -0.1) is 0 Å². The molecule has 1 atom stereocenters. The summed E-state index contributed by atoms with van der Waals surface area (Å²) in [4.78, 5) is 24.5. The molecule has 26 heavy (non-hydrogen) atoms. The maximum atomic E-state index is 12.5. The second-order valence-corrected chi connectivity index (χ2v) is 6.57. The summed E-state index contributed by atoms with van der Waals surface area (Å²) in [7, 11) is 0. The molecule has 0 saturated heterocycles. The Bertz CT molecular complexity index is 1020. The fourth-order valence-corrected chi connectivity index (χ4v) is 2.88. The van der Waals surface area contributed by atoms with Crippen molar-refractivity contribution in [1.82, 2.24) is 5.32 Å². The molecule has 2 aromatic carbocycles. The van der Waals surface area contributed by atoms with Gasteiger partial charge in [0.1, 0.15) is 11.3 Å². The monoisotopic (exact) mass is 351 g/mol. The first-order valence-electron chi connectivity index (χ1n) is 8.47. The van der Waals surface area contributed by atoms with E-state index in [1.54, 1.807) is 31.2 Å². The molecule has 0 aliphatic rings. The van der Waals surface area contributed by atoms with Crippen LogP contribution in [0.5, 0.6) is 0 Å². The van der Waals surface area contributed by atoms with Crippen LogP contribution >= 0.6 is 0 Å². The molecule has 0 spiro atoms. The molecule has 0 aliphatic carbocycles. The number of hydrogen-bond donors (Lipinski definition) is 2. The van der Waals surface area contributed by atoms with Gasteiger partial charge >= 0.3 is 0 Å². The minimum absolute atomic E-state index is 0.0909. The van der Waals surface area contributed by atoms with E-state index in [9.17, 15) is 14.7 Å². The normalized spacial score (nSPS) is 12.2. The van der Waals surface area contributed by atoms with E-state index in [0.29, 0.717) is 22.3 Å². The summed E-state index contributed by atoms with van der Waals surface area (Å²) in [5, 5.41) is 12.4. The Balaban J connectivity index is 1.94. The molecule has 0 bridgehead atoms. The van der Waals surface area contributed by atoms with Gasteiger partial charge in [-0.2, -0.15) is 0 Å². The lowest BCUT2D eigenvalue weighted by atomic mass is 10.1. The molecule has 134 valence electrons. The predicted octanol–water partition coefficient (Wildman–Crippen LogP) is 3.19. The molecule has 5 nitrogen and oxygen atoms in total. The van der Waals surface area contributed by atoms with Gasteiger partial charge in [0.15, 0.2) is 5.43 Å². The second-order valence-electron chi connectivity index (χ2n) is 6.57. The average Bonchev–Trinajstić information content (AvgIpc) is 2.60. The molecule has 1 unspecified atom stereocenters. The SMILES string of the molecule is Cc1cc(C)c2oc(-c3ccc(C(=O)NCC(C)O)cc3)cc(=O)c2c1. The second kappa shape index (κ2) is 7.14. The van der Waals surface area contributed by atoms with Crippen LogP contribution in [0.25, 0.3) is 22.3 Å². The first kappa shape index (κ1) is 17.9. The molecule has 3 aromatic rings. The van der Waals surface area contributed by atoms with E-state index in [4.69, 9.17) is 4.42 Å². The minimum Gasteiger partial charge on any atom is -0.456 e. The molecule has 2 N–H and O–H groups in total. The number of nitrogens with one attached hydrogen (secondary N) is 1. The van der Waals surface area contributed by atoms with Gasteiger partial charge in [-0.1, -0.05) is 18.2 Å². The van der Waals surface area contributed by atoms with E-state index in [1.165, 1.54) is 6.07 Å². The molecule has 1 aromatic heterocycles. The Hall–Kier alpha value is -2.92. The van der Waals surface area contributed by atoms with Crippen molar-refractivity contribution in [2.45, 2.75) is 26.9 Å². The van der Waals surface area contributed by atoms with Gasteiger partial charge in [0.2, 0.25) is 0 Å². The standard InChI is InChI=1S/C21H21NO4/c1-12-8-13(2)20-17(9-12)18(24)10-19(26-20)15-4-6-16(7-5-15)21(25)22-11-14(3)23/h4-10,14,23H,11H2,1-3H3,(H,22,25). The van der Waals surface area contributed by atoms with Gasteiger partial charge in [0.05, 0.1) is 11.5 Å². The predicted molar refractivity (Wildman–Crippen MR) is 101 cm³/mol. The molecule has 1 amide bonds. The zero-order valence-electron chi connectivity index (χ0n) is 15.0. The van der Waals surface area contributed by atoms with E-state index in [2.05, 4.69) is 5.32 Å². The molecule has 1 heterocycles. The maximum Gasteiger partial charge on any atom is 0.251 e. The van der Waals surface area contributed by atoms with E-state index in [-0.39, 0.29) is 17.9 Å². The Morgan fingerprint density at radius 1 is 1.15 bits per heavy atom. The number of carbonyl (C=O) groups is 1. The number of carbonyl (C=O) groups excluding carboxylic acids is 1. The third-order valence-corrected chi connectivity index (χ3v) is 4.15. The van der Waals surface area contributed by atoms with Crippen molar-refractivity contribution in [1.29, 1.82) is 0 Å². The van der Waals surface area contributed by atoms with Gasteiger partial charge in [0.25, 0.3) is 5.91 Å². The molecule has 5 heteroatoms. The summed E-state index contributed by atoms with van der Waals surface area (Å²) in [5.41, 5.74) is 3.61. The Labute approximate surface area is 151 Å². The van der Waals surface area contributed by atoms with Crippen molar-refractivity contribution >= 4 is 16.9 Å². The van der Waals surface area contributed by atoms with E-state index >= 15 is 0 Å². The first-order valence-corrected chi connectivity index (χ1v) is 8.47. The van der Waals surface area contributed by atoms with Crippen LogP contribution < -0.4 is 10.7 Å². The largest absolute Gasteiger partial charge is 0.456 e. The summed E-state index contributed by atoms with van der Waals surface area (Å²) in [6.07, 6.45) is -0.600. The van der Waals surface area contributed by atoms with E-state index in [0.717, 1.165) is 16.7 Å². The highest BCUT2D eigenvalue weighted by molar-refractivity contribution is 5.94. The molecule has 0 fully saturated rings. The fraction of sp³-hybridized carbons (Fsp3) is 0.238. The van der Waals surface area contributed by atoms with Gasteiger partial charge in [-0.25, -0.2) is 0 Å². The third kappa shape index (κ3) is 3.68. The van der Waals surface area contributed by atoms with Crippen LogP contribution in [-0.2, 0) is 0 Å². The summed E-state index contributed by atoms with van der Waals surface area (Å²) >= 11 is 0. The summed E-state index contributed by atoms with van der Waals surface area (Å²) < 4.78 is 5.96. The number of amides is 1. The van der Waals surface area contributed by atoms with Crippen LogP contribution in [-0.4, -0.2) is 23.7 Å².